The number of thiophene rings is 1. The Morgan fingerprint density at radius 2 is 2.24 bits per heavy atom. The zero-order valence-electron chi connectivity index (χ0n) is 9.82. The van der Waals surface area contributed by atoms with Crippen LogP contribution in [0, 0.1) is 0 Å². The van der Waals surface area contributed by atoms with E-state index in [1.165, 1.54) is 11.1 Å². The second-order valence-corrected chi connectivity index (χ2v) is 5.22. The Bertz CT molecular complexity index is 453. The molecule has 1 aromatic heterocycles. The van der Waals surface area contributed by atoms with Gasteiger partial charge < -0.3 is 5.32 Å². The van der Waals surface area contributed by atoms with Crippen LogP contribution in [0.3, 0.4) is 0 Å². The quantitative estimate of drug-likeness (QED) is 0.850. The maximum atomic E-state index is 6.01. The van der Waals surface area contributed by atoms with Crippen molar-refractivity contribution in [3.05, 3.63) is 57.2 Å². The Morgan fingerprint density at radius 1 is 1.35 bits per heavy atom. The van der Waals surface area contributed by atoms with Gasteiger partial charge in [0.05, 0.1) is 0 Å². The molecule has 0 aliphatic heterocycles. The predicted molar refractivity (Wildman–Crippen MR) is 75.9 cm³/mol. The molecule has 0 saturated carbocycles. The summed E-state index contributed by atoms with van der Waals surface area (Å²) in [4.78, 5) is 0. The minimum atomic E-state index is 0.379. The standard InChI is InChI=1S/C14H16ClNS/c1-2-16-14(12-6-7-17-10-12)9-11-4-3-5-13(15)8-11/h3-8,10,14,16H,2,9H2,1H3. The first kappa shape index (κ1) is 12.6. The highest BCUT2D eigenvalue weighted by Gasteiger charge is 2.11. The average molecular weight is 266 g/mol. The third kappa shape index (κ3) is 3.56. The van der Waals surface area contributed by atoms with E-state index in [0.29, 0.717) is 6.04 Å². The van der Waals surface area contributed by atoms with E-state index in [0.717, 1.165) is 18.0 Å². The van der Waals surface area contributed by atoms with Crippen LogP contribution in [0.25, 0.3) is 0 Å². The Balaban J connectivity index is 2.13. The van der Waals surface area contributed by atoms with E-state index in [-0.39, 0.29) is 0 Å². The normalized spacial score (nSPS) is 12.6. The molecule has 0 aliphatic carbocycles. The van der Waals surface area contributed by atoms with Crippen LogP contribution in [0.5, 0.6) is 0 Å². The van der Waals surface area contributed by atoms with E-state index in [4.69, 9.17) is 11.6 Å². The van der Waals surface area contributed by atoms with Crippen molar-refractivity contribution in [2.24, 2.45) is 0 Å². The molecule has 1 atom stereocenters. The van der Waals surface area contributed by atoms with Crippen LogP contribution < -0.4 is 5.32 Å². The summed E-state index contributed by atoms with van der Waals surface area (Å²) in [5.74, 6) is 0. The average Bonchev–Trinajstić information content (AvgIpc) is 2.82. The first-order valence-corrected chi connectivity index (χ1v) is 7.11. The van der Waals surface area contributed by atoms with Crippen LogP contribution in [0.2, 0.25) is 5.02 Å². The van der Waals surface area contributed by atoms with Crippen molar-refractivity contribution in [1.29, 1.82) is 0 Å². The molecule has 1 unspecified atom stereocenters. The van der Waals surface area contributed by atoms with Gasteiger partial charge in [-0.15, -0.1) is 0 Å². The number of benzene rings is 1. The predicted octanol–water partition coefficient (Wildman–Crippen LogP) is 4.29. The lowest BCUT2D eigenvalue weighted by atomic mass is 10.0. The fraction of sp³-hybridized carbons (Fsp3) is 0.286. The minimum absolute atomic E-state index is 0.379. The molecule has 0 bridgehead atoms. The van der Waals surface area contributed by atoms with Crippen molar-refractivity contribution in [3.8, 4) is 0 Å². The third-order valence-corrected chi connectivity index (χ3v) is 3.66. The van der Waals surface area contributed by atoms with Gasteiger partial charge in [-0.25, -0.2) is 0 Å². The fourth-order valence-electron chi connectivity index (χ4n) is 1.93. The molecule has 0 spiro atoms. The number of rotatable bonds is 5. The zero-order valence-corrected chi connectivity index (χ0v) is 11.4. The minimum Gasteiger partial charge on any atom is -0.310 e. The summed E-state index contributed by atoms with van der Waals surface area (Å²) >= 11 is 7.75. The van der Waals surface area contributed by atoms with Crippen molar-refractivity contribution >= 4 is 22.9 Å². The van der Waals surface area contributed by atoms with E-state index in [1.54, 1.807) is 11.3 Å². The van der Waals surface area contributed by atoms with Gasteiger partial charge in [0.1, 0.15) is 0 Å². The summed E-state index contributed by atoms with van der Waals surface area (Å²) in [6.07, 6.45) is 0.977. The molecule has 1 N–H and O–H groups in total. The maximum Gasteiger partial charge on any atom is 0.0408 e. The van der Waals surface area contributed by atoms with Crippen LogP contribution in [0.15, 0.2) is 41.1 Å². The molecule has 1 heterocycles. The molecule has 0 fully saturated rings. The second kappa shape index (κ2) is 6.20. The second-order valence-electron chi connectivity index (χ2n) is 4.00. The van der Waals surface area contributed by atoms with Crippen LogP contribution in [0.1, 0.15) is 24.1 Å². The third-order valence-electron chi connectivity index (χ3n) is 2.72. The van der Waals surface area contributed by atoms with Crippen molar-refractivity contribution < 1.29 is 0 Å². The number of hydrogen-bond donors (Lipinski definition) is 1. The summed E-state index contributed by atoms with van der Waals surface area (Å²) in [5, 5.41) is 8.65. The molecule has 90 valence electrons. The molecule has 0 saturated heterocycles. The molecule has 0 radical (unpaired) electrons. The molecule has 2 aromatic rings. The van der Waals surface area contributed by atoms with Crippen LogP contribution >= 0.6 is 22.9 Å². The van der Waals surface area contributed by atoms with Gasteiger partial charge in [-0.05, 0) is 53.1 Å². The van der Waals surface area contributed by atoms with Crippen molar-refractivity contribution in [1.82, 2.24) is 5.32 Å². The topological polar surface area (TPSA) is 12.0 Å². The molecule has 17 heavy (non-hydrogen) atoms. The van der Waals surface area contributed by atoms with Crippen molar-refractivity contribution in [2.75, 3.05) is 6.54 Å². The number of hydrogen-bond acceptors (Lipinski definition) is 2. The zero-order chi connectivity index (χ0) is 12.1. The van der Waals surface area contributed by atoms with E-state index in [9.17, 15) is 0 Å². The lowest BCUT2D eigenvalue weighted by Gasteiger charge is -2.17. The number of nitrogens with one attached hydrogen (secondary N) is 1. The lowest BCUT2D eigenvalue weighted by Crippen LogP contribution is -2.22. The first-order chi connectivity index (χ1) is 8.29. The highest BCUT2D eigenvalue weighted by atomic mass is 35.5. The molecule has 1 nitrogen and oxygen atoms in total. The largest absolute Gasteiger partial charge is 0.310 e. The van der Waals surface area contributed by atoms with Gasteiger partial charge in [0.2, 0.25) is 0 Å². The number of halogens is 1. The summed E-state index contributed by atoms with van der Waals surface area (Å²) in [5.41, 5.74) is 2.63. The van der Waals surface area contributed by atoms with Crippen LogP contribution in [0.4, 0.5) is 0 Å². The Hall–Kier alpha value is -0.830. The molecule has 3 heteroatoms. The van der Waals surface area contributed by atoms with E-state index in [1.807, 2.05) is 18.2 Å². The highest BCUT2D eigenvalue weighted by Crippen LogP contribution is 2.22. The van der Waals surface area contributed by atoms with Crippen LogP contribution in [-0.4, -0.2) is 6.54 Å². The lowest BCUT2D eigenvalue weighted by molar-refractivity contribution is 0.551. The molecule has 0 amide bonds. The van der Waals surface area contributed by atoms with Gasteiger partial charge >= 0.3 is 0 Å². The summed E-state index contributed by atoms with van der Waals surface area (Å²) in [6, 6.07) is 10.7. The van der Waals surface area contributed by atoms with E-state index >= 15 is 0 Å². The molecule has 2 rings (SSSR count). The van der Waals surface area contributed by atoms with Gasteiger partial charge in [0.15, 0.2) is 0 Å². The van der Waals surface area contributed by atoms with Crippen molar-refractivity contribution in [3.63, 3.8) is 0 Å². The Morgan fingerprint density at radius 3 is 2.88 bits per heavy atom. The molecule has 1 aromatic carbocycles. The fourth-order valence-corrected chi connectivity index (χ4v) is 2.85. The van der Waals surface area contributed by atoms with Gasteiger partial charge in [0, 0.05) is 11.1 Å². The Kier molecular flexibility index (Phi) is 4.60. The maximum absolute atomic E-state index is 6.01. The summed E-state index contributed by atoms with van der Waals surface area (Å²) in [7, 11) is 0. The molecule has 0 aliphatic rings. The molecular formula is C14H16ClNS. The Labute approximate surface area is 111 Å². The summed E-state index contributed by atoms with van der Waals surface area (Å²) < 4.78 is 0. The van der Waals surface area contributed by atoms with Crippen LogP contribution in [-0.2, 0) is 6.42 Å². The SMILES string of the molecule is CCNC(Cc1cccc(Cl)c1)c1ccsc1. The van der Waals surface area contributed by atoms with Gasteiger partial charge in [-0.2, -0.15) is 11.3 Å². The van der Waals surface area contributed by atoms with Crippen molar-refractivity contribution in [2.45, 2.75) is 19.4 Å². The van der Waals surface area contributed by atoms with E-state index in [2.05, 4.69) is 35.1 Å². The van der Waals surface area contributed by atoms with Gasteiger partial charge in [-0.3, -0.25) is 0 Å². The van der Waals surface area contributed by atoms with E-state index < -0.39 is 0 Å². The first-order valence-electron chi connectivity index (χ1n) is 5.79. The smallest absolute Gasteiger partial charge is 0.0408 e. The number of likely N-dealkylation sites (N-methyl/N-ethyl adjacent to an activating group) is 1. The van der Waals surface area contributed by atoms with Gasteiger partial charge in [-0.1, -0.05) is 30.7 Å². The monoisotopic (exact) mass is 265 g/mol. The highest BCUT2D eigenvalue weighted by molar-refractivity contribution is 7.07. The summed E-state index contributed by atoms with van der Waals surface area (Å²) in [6.45, 7) is 3.11. The molecular weight excluding hydrogens is 250 g/mol. The van der Waals surface area contributed by atoms with Gasteiger partial charge in [0.25, 0.3) is 0 Å².